The van der Waals surface area contributed by atoms with Crippen molar-refractivity contribution in [3.63, 3.8) is 0 Å². The minimum atomic E-state index is -1.17. The van der Waals surface area contributed by atoms with E-state index in [1.807, 2.05) is 0 Å². The van der Waals surface area contributed by atoms with Crippen LogP contribution >= 0.6 is 11.3 Å². The number of nitrogens with zero attached hydrogens (tertiary/aromatic N) is 3. The highest BCUT2D eigenvalue weighted by molar-refractivity contribution is 7.07. The number of ether oxygens (including phenoxy) is 2. The lowest BCUT2D eigenvalue weighted by atomic mass is 10.1. The molecule has 0 aliphatic carbocycles. The first-order chi connectivity index (χ1) is 13.9. The molecule has 2 rings (SSSR count). The largest absolute Gasteiger partial charge is 0.388 e. The fourth-order valence-corrected chi connectivity index (χ4v) is 3.75. The Balaban J connectivity index is 2.09. The van der Waals surface area contributed by atoms with Crippen molar-refractivity contribution >= 4 is 23.2 Å². The van der Waals surface area contributed by atoms with Crippen molar-refractivity contribution in [3.05, 3.63) is 16.6 Å². The summed E-state index contributed by atoms with van der Waals surface area (Å²) < 4.78 is 10.8. The van der Waals surface area contributed by atoms with Crippen molar-refractivity contribution < 1.29 is 29.3 Å². The van der Waals surface area contributed by atoms with E-state index in [1.165, 1.54) is 25.4 Å². The molecule has 2 amide bonds. The maximum absolute atomic E-state index is 12.7. The summed E-state index contributed by atoms with van der Waals surface area (Å²) >= 11 is 1.38. The predicted octanol–water partition coefficient (Wildman–Crippen LogP) is 0.371. The molecule has 10 heteroatoms. The third kappa shape index (κ3) is 7.31. The van der Waals surface area contributed by atoms with Crippen LogP contribution in [0.2, 0.25) is 0 Å². The summed E-state index contributed by atoms with van der Waals surface area (Å²) in [4.78, 5) is 32.2. The molecule has 2 heterocycles. The molecule has 0 bridgehead atoms. The zero-order valence-corrected chi connectivity index (χ0v) is 17.8. The summed E-state index contributed by atoms with van der Waals surface area (Å²) in [5, 5.41) is 22.3. The normalized spacial score (nSPS) is 25.9. The van der Waals surface area contributed by atoms with Gasteiger partial charge in [0.2, 0.25) is 5.91 Å². The number of thiazole rings is 1. The number of carbonyl (C=O) groups is 2. The van der Waals surface area contributed by atoms with E-state index < -0.39 is 18.3 Å². The molecule has 0 spiro atoms. The first-order valence-electron chi connectivity index (χ1n) is 9.83. The lowest BCUT2D eigenvalue weighted by Crippen LogP contribution is -2.48. The van der Waals surface area contributed by atoms with Gasteiger partial charge >= 0.3 is 0 Å². The molecular formula is C19H31N3O6S. The Morgan fingerprint density at radius 3 is 2.59 bits per heavy atom. The molecule has 1 saturated heterocycles. The van der Waals surface area contributed by atoms with E-state index in [9.17, 15) is 19.8 Å². The standard InChI is InChI=1S/C19H31N3O6S/c1-14(23)22-8-5-7-21(19(26)15-12-29-13-20-15)6-3-4-9-28-11-16(24)18(25)17(10-22)27-2/h12-13,16-18,24-25H,3-11H2,1-2H3/t16-,17-,18-/m0/s1. The predicted molar refractivity (Wildman–Crippen MR) is 108 cm³/mol. The van der Waals surface area contributed by atoms with Crippen molar-refractivity contribution in [2.75, 3.05) is 46.5 Å². The van der Waals surface area contributed by atoms with E-state index in [0.717, 1.165) is 12.8 Å². The van der Waals surface area contributed by atoms with Crippen LogP contribution in [-0.2, 0) is 14.3 Å². The Kier molecular flexibility index (Phi) is 9.95. The lowest BCUT2D eigenvalue weighted by Gasteiger charge is -2.31. The first-order valence-corrected chi connectivity index (χ1v) is 10.8. The van der Waals surface area contributed by atoms with Gasteiger partial charge in [-0.25, -0.2) is 4.98 Å². The average molecular weight is 430 g/mol. The highest BCUT2D eigenvalue weighted by Crippen LogP contribution is 2.12. The smallest absolute Gasteiger partial charge is 0.273 e. The molecule has 164 valence electrons. The number of amides is 2. The number of hydrogen-bond donors (Lipinski definition) is 2. The van der Waals surface area contributed by atoms with Gasteiger partial charge in [-0.3, -0.25) is 9.59 Å². The van der Waals surface area contributed by atoms with Gasteiger partial charge in [0.1, 0.15) is 24.0 Å². The quantitative estimate of drug-likeness (QED) is 0.698. The molecule has 1 aliphatic rings. The Labute approximate surface area is 175 Å². The van der Waals surface area contributed by atoms with Crippen LogP contribution in [0, 0.1) is 0 Å². The number of rotatable bonds is 2. The van der Waals surface area contributed by atoms with Gasteiger partial charge in [-0.05, 0) is 19.3 Å². The summed E-state index contributed by atoms with van der Waals surface area (Å²) in [5.74, 6) is -0.279. The molecule has 29 heavy (non-hydrogen) atoms. The molecule has 1 aliphatic heterocycles. The fourth-order valence-electron chi connectivity index (χ4n) is 3.22. The number of carbonyl (C=O) groups excluding carboxylic acids is 2. The highest BCUT2D eigenvalue weighted by atomic mass is 32.1. The average Bonchev–Trinajstić information content (AvgIpc) is 3.24. The molecule has 9 nitrogen and oxygen atoms in total. The molecule has 3 atom stereocenters. The second kappa shape index (κ2) is 12.2. The van der Waals surface area contributed by atoms with Crippen molar-refractivity contribution in [2.45, 2.75) is 44.5 Å². The van der Waals surface area contributed by atoms with Gasteiger partial charge in [-0.2, -0.15) is 0 Å². The number of aromatic nitrogens is 1. The molecule has 0 saturated carbocycles. The van der Waals surface area contributed by atoms with Crippen molar-refractivity contribution in [3.8, 4) is 0 Å². The van der Waals surface area contributed by atoms with Gasteiger partial charge < -0.3 is 29.5 Å². The summed E-state index contributed by atoms with van der Waals surface area (Å²) in [6, 6.07) is 0. The number of methoxy groups -OCH3 is 1. The monoisotopic (exact) mass is 429 g/mol. The Hall–Kier alpha value is -1.59. The second-order valence-corrected chi connectivity index (χ2v) is 7.82. The molecule has 1 aromatic heterocycles. The number of aliphatic hydroxyl groups excluding tert-OH is 2. The van der Waals surface area contributed by atoms with Gasteiger partial charge in [0.15, 0.2) is 0 Å². The van der Waals surface area contributed by atoms with Crippen molar-refractivity contribution in [1.82, 2.24) is 14.8 Å². The van der Waals surface area contributed by atoms with Crippen LogP contribution in [0.3, 0.4) is 0 Å². The van der Waals surface area contributed by atoms with Crippen molar-refractivity contribution in [1.29, 1.82) is 0 Å². The van der Waals surface area contributed by atoms with Gasteiger partial charge in [0.25, 0.3) is 5.91 Å². The van der Waals surface area contributed by atoms with Crippen LogP contribution in [-0.4, -0.2) is 102 Å². The van der Waals surface area contributed by atoms with Gasteiger partial charge in [0.05, 0.1) is 12.1 Å². The molecular weight excluding hydrogens is 398 g/mol. The number of aliphatic hydroxyl groups is 2. The van der Waals surface area contributed by atoms with Crippen LogP contribution in [0.25, 0.3) is 0 Å². The third-order valence-electron chi connectivity index (χ3n) is 4.97. The molecule has 1 fully saturated rings. The zero-order chi connectivity index (χ0) is 21.2. The van der Waals surface area contributed by atoms with Crippen LogP contribution in [0.4, 0.5) is 0 Å². The molecule has 1 aromatic rings. The molecule has 0 radical (unpaired) electrons. The van der Waals surface area contributed by atoms with Crippen molar-refractivity contribution in [2.24, 2.45) is 0 Å². The Bertz CT molecular complexity index is 629. The second-order valence-electron chi connectivity index (χ2n) is 7.10. The van der Waals surface area contributed by atoms with Crippen LogP contribution < -0.4 is 0 Å². The Morgan fingerprint density at radius 2 is 1.93 bits per heavy atom. The van der Waals surface area contributed by atoms with E-state index >= 15 is 0 Å². The minimum absolute atomic E-state index is 0.0252. The van der Waals surface area contributed by atoms with Gasteiger partial charge in [-0.1, -0.05) is 0 Å². The summed E-state index contributed by atoms with van der Waals surface area (Å²) in [7, 11) is 1.43. The van der Waals surface area contributed by atoms with E-state index in [4.69, 9.17) is 9.47 Å². The summed E-state index contributed by atoms with van der Waals surface area (Å²) in [6.07, 6.45) is -0.976. The summed E-state index contributed by atoms with van der Waals surface area (Å²) in [6.45, 7) is 3.45. The van der Waals surface area contributed by atoms with E-state index in [-0.39, 0.29) is 25.0 Å². The highest BCUT2D eigenvalue weighted by Gasteiger charge is 2.29. The summed E-state index contributed by atoms with van der Waals surface area (Å²) in [5.41, 5.74) is 2.06. The van der Waals surface area contributed by atoms with E-state index in [0.29, 0.717) is 38.4 Å². The maximum Gasteiger partial charge on any atom is 0.273 e. The zero-order valence-electron chi connectivity index (χ0n) is 17.0. The lowest BCUT2D eigenvalue weighted by molar-refractivity contribution is -0.136. The molecule has 2 N–H and O–H groups in total. The topological polar surface area (TPSA) is 112 Å². The fraction of sp³-hybridized carbons (Fsp3) is 0.737. The molecule has 0 aromatic carbocycles. The van der Waals surface area contributed by atoms with Crippen LogP contribution in [0.1, 0.15) is 36.7 Å². The van der Waals surface area contributed by atoms with Gasteiger partial charge in [0, 0.05) is 52.2 Å². The third-order valence-corrected chi connectivity index (χ3v) is 5.56. The van der Waals surface area contributed by atoms with E-state index in [2.05, 4.69) is 4.98 Å². The Morgan fingerprint density at radius 1 is 1.21 bits per heavy atom. The first kappa shape index (κ1) is 23.7. The van der Waals surface area contributed by atoms with E-state index in [1.54, 1.807) is 20.7 Å². The number of hydrogen-bond acceptors (Lipinski definition) is 8. The molecule has 0 unspecified atom stereocenters. The maximum atomic E-state index is 12.7. The van der Waals surface area contributed by atoms with Crippen LogP contribution in [0.5, 0.6) is 0 Å². The SMILES string of the molecule is CO[C@H]1CN(C(C)=O)CCCN(C(=O)c2cscn2)CCCCOC[C@H](O)[C@@H]1O. The van der Waals surface area contributed by atoms with Crippen LogP contribution in [0.15, 0.2) is 10.9 Å². The van der Waals surface area contributed by atoms with Gasteiger partial charge in [-0.15, -0.1) is 11.3 Å². The minimum Gasteiger partial charge on any atom is -0.388 e.